The van der Waals surface area contributed by atoms with E-state index in [-0.39, 0.29) is 10.9 Å². The minimum atomic E-state index is -0.127. The highest BCUT2D eigenvalue weighted by molar-refractivity contribution is 5.73. The van der Waals surface area contributed by atoms with Crippen LogP contribution in [0.5, 0.6) is 0 Å². The average molecular weight is 218 g/mol. The lowest BCUT2D eigenvalue weighted by Crippen LogP contribution is -2.15. The first-order valence-electron chi connectivity index (χ1n) is 5.43. The summed E-state index contributed by atoms with van der Waals surface area (Å²) in [6.07, 6.45) is 1.42. The molecule has 0 spiro atoms. The molecule has 4 nitrogen and oxygen atoms in total. The van der Waals surface area contributed by atoms with Crippen LogP contribution >= 0.6 is 0 Å². The zero-order valence-corrected chi connectivity index (χ0v) is 9.39. The second-order valence-corrected chi connectivity index (χ2v) is 3.77. The molecule has 0 saturated carbocycles. The molecule has 0 bridgehead atoms. The van der Waals surface area contributed by atoms with Gasteiger partial charge in [0.25, 0.3) is 0 Å². The summed E-state index contributed by atoms with van der Waals surface area (Å²) in [5, 5.41) is 0. The molecule has 4 heteroatoms. The smallest absolute Gasteiger partial charge is 0.206 e. The highest BCUT2D eigenvalue weighted by Crippen LogP contribution is 2.03. The lowest BCUT2D eigenvalue weighted by Gasteiger charge is -2.03. The number of rotatable bonds is 2. The molecule has 0 atom stereocenters. The van der Waals surface area contributed by atoms with Gasteiger partial charge in [-0.1, -0.05) is 13.8 Å². The summed E-state index contributed by atoms with van der Waals surface area (Å²) in [4.78, 5) is 29.6. The maximum atomic E-state index is 11.8. The number of H-pyrrole nitrogens is 2. The molecule has 0 fully saturated rings. The van der Waals surface area contributed by atoms with E-state index in [4.69, 9.17) is 0 Å². The van der Waals surface area contributed by atoms with Gasteiger partial charge in [0.15, 0.2) is 0 Å². The number of aromatic amines is 2. The molecule has 2 aromatic heterocycles. The molecule has 0 aliphatic rings. The fourth-order valence-corrected chi connectivity index (χ4v) is 1.73. The van der Waals surface area contributed by atoms with Gasteiger partial charge in [0, 0.05) is 23.5 Å². The molecule has 0 unspecified atom stereocenters. The molecule has 0 aliphatic carbocycles. The Balaban J connectivity index is 2.90. The molecule has 2 N–H and O–H groups in total. The van der Waals surface area contributed by atoms with E-state index in [2.05, 4.69) is 9.97 Å². The Hall–Kier alpha value is -1.84. The van der Waals surface area contributed by atoms with Crippen molar-refractivity contribution in [1.82, 2.24) is 9.97 Å². The Morgan fingerprint density at radius 1 is 0.875 bits per heavy atom. The molecule has 2 heterocycles. The van der Waals surface area contributed by atoms with Crippen molar-refractivity contribution in [2.45, 2.75) is 26.7 Å². The maximum absolute atomic E-state index is 11.8. The van der Waals surface area contributed by atoms with Gasteiger partial charge in [0.05, 0.1) is 0 Å². The largest absolute Gasteiger partial charge is 0.354 e. The second-order valence-electron chi connectivity index (χ2n) is 3.77. The van der Waals surface area contributed by atoms with Crippen molar-refractivity contribution in [3.8, 4) is 0 Å². The summed E-state index contributed by atoms with van der Waals surface area (Å²) in [5.41, 5.74) is 2.07. The molecule has 2 aromatic rings. The van der Waals surface area contributed by atoms with Gasteiger partial charge in [-0.25, -0.2) is 0 Å². The molecular weight excluding hydrogens is 204 g/mol. The van der Waals surface area contributed by atoms with Crippen LogP contribution in [0.4, 0.5) is 0 Å². The SMILES string of the molecule is CCc1cc(=O)c2[nH]c(CC)cc(=O)c2[nH]1. The molecule has 16 heavy (non-hydrogen) atoms. The standard InChI is InChI=1S/C12H14N2O2/c1-3-7-5-9(15)12-11(13-7)10(16)6-8(4-2)14-12/h5-6H,3-4H2,1-2H3,(H,13,15)(H,14,16). The van der Waals surface area contributed by atoms with Crippen LogP contribution in [-0.4, -0.2) is 9.97 Å². The Morgan fingerprint density at radius 2 is 1.25 bits per heavy atom. The predicted octanol–water partition coefficient (Wildman–Crippen LogP) is 1.34. The second kappa shape index (κ2) is 3.96. The highest BCUT2D eigenvalue weighted by Gasteiger charge is 2.06. The minimum Gasteiger partial charge on any atom is -0.354 e. The van der Waals surface area contributed by atoms with E-state index in [1.54, 1.807) is 0 Å². The molecule has 0 aromatic carbocycles. The lowest BCUT2D eigenvalue weighted by molar-refractivity contribution is 1.02. The van der Waals surface area contributed by atoms with E-state index in [0.29, 0.717) is 23.9 Å². The third-order valence-electron chi connectivity index (χ3n) is 2.69. The summed E-state index contributed by atoms with van der Waals surface area (Å²) in [6.45, 7) is 3.87. The van der Waals surface area contributed by atoms with E-state index in [1.165, 1.54) is 12.1 Å². The number of hydrogen-bond donors (Lipinski definition) is 2. The Morgan fingerprint density at radius 3 is 1.56 bits per heavy atom. The van der Waals surface area contributed by atoms with Crippen molar-refractivity contribution in [3.05, 3.63) is 44.0 Å². The number of fused-ring (bicyclic) bond motifs is 1. The van der Waals surface area contributed by atoms with E-state index >= 15 is 0 Å². The summed E-state index contributed by atoms with van der Waals surface area (Å²) in [6, 6.07) is 3.08. The maximum Gasteiger partial charge on any atom is 0.206 e. The Kier molecular flexibility index (Phi) is 2.64. The third kappa shape index (κ3) is 1.66. The van der Waals surface area contributed by atoms with E-state index in [0.717, 1.165) is 11.4 Å². The number of hydrogen-bond acceptors (Lipinski definition) is 2. The Bertz CT molecular complexity index is 580. The average Bonchev–Trinajstić information content (AvgIpc) is 2.29. The summed E-state index contributed by atoms with van der Waals surface area (Å²) in [7, 11) is 0. The van der Waals surface area contributed by atoms with Gasteiger partial charge in [-0.15, -0.1) is 0 Å². The van der Waals surface area contributed by atoms with Crippen LogP contribution in [0.2, 0.25) is 0 Å². The third-order valence-corrected chi connectivity index (χ3v) is 2.69. The van der Waals surface area contributed by atoms with Crippen LogP contribution in [0.25, 0.3) is 11.0 Å². The number of nitrogens with one attached hydrogen (secondary N) is 2. The molecule has 0 saturated heterocycles. The molecule has 0 aliphatic heterocycles. The molecular formula is C12H14N2O2. The first-order valence-corrected chi connectivity index (χ1v) is 5.43. The number of aromatic nitrogens is 2. The summed E-state index contributed by atoms with van der Waals surface area (Å²) >= 11 is 0. The van der Waals surface area contributed by atoms with Crippen molar-refractivity contribution < 1.29 is 0 Å². The zero-order valence-electron chi connectivity index (χ0n) is 9.39. The first kappa shape index (κ1) is 10.7. The van der Waals surface area contributed by atoms with Crippen LogP contribution in [0, 0.1) is 0 Å². The van der Waals surface area contributed by atoms with Gasteiger partial charge in [-0.3, -0.25) is 9.59 Å². The van der Waals surface area contributed by atoms with Crippen molar-refractivity contribution >= 4 is 11.0 Å². The molecule has 0 amide bonds. The Labute approximate surface area is 92.3 Å². The molecule has 84 valence electrons. The van der Waals surface area contributed by atoms with Gasteiger partial charge in [-0.05, 0) is 12.8 Å². The summed E-state index contributed by atoms with van der Waals surface area (Å²) < 4.78 is 0. The lowest BCUT2D eigenvalue weighted by atomic mass is 10.2. The topological polar surface area (TPSA) is 65.7 Å². The first-order chi connectivity index (χ1) is 7.65. The van der Waals surface area contributed by atoms with E-state index in [1.807, 2.05) is 13.8 Å². The quantitative estimate of drug-likeness (QED) is 0.798. The van der Waals surface area contributed by atoms with Gasteiger partial charge in [0.2, 0.25) is 10.9 Å². The van der Waals surface area contributed by atoms with Gasteiger partial charge >= 0.3 is 0 Å². The number of pyridine rings is 2. The highest BCUT2D eigenvalue weighted by atomic mass is 16.1. The zero-order chi connectivity index (χ0) is 11.7. The van der Waals surface area contributed by atoms with Crippen molar-refractivity contribution in [3.63, 3.8) is 0 Å². The van der Waals surface area contributed by atoms with Crippen molar-refractivity contribution in [2.75, 3.05) is 0 Å². The van der Waals surface area contributed by atoms with E-state index < -0.39 is 0 Å². The number of aryl methyl sites for hydroxylation is 2. The van der Waals surface area contributed by atoms with Crippen molar-refractivity contribution in [2.24, 2.45) is 0 Å². The van der Waals surface area contributed by atoms with Gasteiger partial charge < -0.3 is 9.97 Å². The normalized spacial score (nSPS) is 10.9. The van der Waals surface area contributed by atoms with Crippen molar-refractivity contribution in [1.29, 1.82) is 0 Å². The fraction of sp³-hybridized carbons (Fsp3) is 0.333. The van der Waals surface area contributed by atoms with Gasteiger partial charge in [-0.2, -0.15) is 0 Å². The van der Waals surface area contributed by atoms with Crippen LogP contribution in [0.1, 0.15) is 25.2 Å². The predicted molar refractivity (Wildman–Crippen MR) is 63.9 cm³/mol. The monoisotopic (exact) mass is 218 g/mol. The van der Waals surface area contributed by atoms with E-state index in [9.17, 15) is 9.59 Å². The van der Waals surface area contributed by atoms with Crippen LogP contribution in [-0.2, 0) is 12.8 Å². The minimum absolute atomic E-state index is 0.127. The fourth-order valence-electron chi connectivity index (χ4n) is 1.73. The van der Waals surface area contributed by atoms with Crippen LogP contribution in [0.15, 0.2) is 21.7 Å². The molecule has 0 radical (unpaired) electrons. The summed E-state index contributed by atoms with van der Waals surface area (Å²) in [5.74, 6) is 0. The van der Waals surface area contributed by atoms with Crippen LogP contribution < -0.4 is 10.9 Å². The van der Waals surface area contributed by atoms with Crippen LogP contribution in [0.3, 0.4) is 0 Å². The molecule has 2 rings (SSSR count). The van der Waals surface area contributed by atoms with Gasteiger partial charge in [0.1, 0.15) is 11.0 Å².